The van der Waals surface area contributed by atoms with Crippen molar-refractivity contribution in [2.45, 2.75) is 64.9 Å². The van der Waals surface area contributed by atoms with Crippen LogP contribution in [0.3, 0.4) is 0 Å². The second-order valence-electron chi connectivity index (χ2n) is 6.83. The Kier molecular flexibility index (Phi) is 9.05. The molecule has 0 fully saturated rings. The third kappa shape index (κ3) is 7.09. The predicted octanol–water partition coefficient (Wildman–Crippen LogP) is 6.14. The van der Waals surface area contributed by atoms with Crippen LogP contribution in [0, 0.1) is 0 Å². The quantitative estimate of drug-likeness (QED) is 0.340. The Labute approximate surface area is 158 Å². The fourth-order valence-electron chi connectivity index (χ4n) is 2.89. The van der Waals surface area contributed by atoms with Crippen LogP contribution in [0.4, 0.5) is 0 Å². The maximum Gasteiger partial charge on any atom is 0.0894 e. The fourth-order valence-corrected chi connectivity index (χ4v) is 2.89. The average Bonchev–Trinajstić information content (AvgIpc) is 2.65. The van der Waals surface area contributed by atoms with Crippen molar-refractivity contribution in [2.75, 3.05) is 6.61 Å². The van der Waals surface area contributed by atoms with E-state index < -0.39 is 0 Å². The molecule has 2 rings (SSSR count). The van der Waals surface area contributed by atoms with E-state index >= 15 is 0 Å². The van der Waals surface area contributed by atoms with Crippen LogP contribution in [-0.2, 0) is 11.2 Å². The highest BCUT2D eigenvalue weighted by molar-refractivity contribution is 5.75. The summed E-state index contributed by atoms with van der Waals surface area (Å²) in [5.74, 6) is 0. The van der Waals surface area contributed by atoms with E-state index in [-0.39, 0.29) is 0 Å². The summed E-state index contributed by atoms with van der Waals surface area (Å²) in [7, 11) is 0. The standard InChI is InChI=1S/C23H32N2O/c1-4-6-10-16-26-19(3)12-8-7-9-13-21-18-24-23-17-20(11-5-2)14-15-22(23)25-21/h5,9,13-15,17-19H,2,4,6-8,10-12,16H2,1,3H3. The van der Waals surface area contributed by atoms with E-state index in [1.54, 1.807) is 0 Å². The van der Waals surface area contributed by atoms with Gasteiger partial charge in [-0.3, -0.25) is 4.98 Å². The number of fused-ring (bicyclic) bond motifs is 1. The van der Waals surface area contributed by atoms with Gasteiger partial charge in [0.2, 0.25) is 0 Å². The van der Waals surface area contributed by atoms with Gasteiger partial charge in [-0.1, -0.05) is 38.0 Å². The number of ether oxygens (including phenoxy) is 1. The second kappa shape index (κ2) is 11.6. The van der Waals surface area contributed by atoms with Crippen LogP contribution in [-0.4, -0.2) is 22.7 Å². The smallest absolute Gasteiger partial charge is 0.0894 e. The van der Waals surface area contributed by atoms with Gasteiger partial charge in [-0.05, 0) is 62.8 Å². The zero-order valence-electron chi connectivity index (χ0n) is 16.3. The maximum absolute atomic E-state index is 5.83. The first kappa shape index (κ1) is 20.3. The second-order valence-corrected chi connectivity index (χ2v) is 6.83. The number of allylic oxidation sites excluding steroid dienone is 2. The minimum Gasteiger partial charge on any atom is -0.379 e. The summed E-state index contributed by atoms with van der Waals surface area (Å²) in [6.07, 6.45) is 16.2. The van der Waals surface area contributed by atoms with Gasteiger partial charge in [0.15, 0.2) is 0 Å². The Morgan fingerprint density at radius 3 is 2.88 bits per heavy atom. The molecule has 3 heteroatoms. The summed E-state index contributed by atoms with van der Waals surface area (Å²) in [6.45, 7) is 9.06. The molecule has 26 heavy (non-hydrogen) atoms. The van der Waals surface area contributed by atoms with Crippen LogP contribution >= 0.6 is 0 Å². The summed E-state index contributed by atoms with van der Waals surface area (Å²) in [6, 6.07) is 6.21. The highest BCUT2D eigenvalue weighted by atomic mass is 16.5. The molecule has 0 radical (unpaired) electrons. The minimum absolute atomic E-state index is 0.352. The first-order valence-electron chi connectivity index (χ1n) is 9.87. The molecule has 0 saturated carbocycles. The van der Waals surface area contributed by atoms with Gasteiger partial charge in [0.05, 0.1) is 29.0 Å². The molecule has 3 nitrogen and oxygen atoms in total. The lowest BCUT2D eigenvalue weighted by atomic mass is 10.1. The number of unbranched alkanes of at least 4 members (excludes halogenated alkanes) is 3. The summed E-state index contributed by atoms with van der Waals surface area (Å²) in [5, 5.41) is 0. The van der Waals surface area contributed by atoms with E-state index in [9.17, 15) is 0 Å². The predicted molar refractivity (Wildman–Crippen MR) is 111 cm³/mol. The minimum atomic E-state index is 0.352. The molecule has 0 spiro atoms. The molecule has 0 aliphatic heterocycles. The van der Waals surface area contributed by atoms with Gasteiger partial charge >= 0.3 is 0 Å². The first-order chi connectivity index (χ1) is 12.7. The number of nitrogens with zero attached hydrogens (tertiary/aromatic N) is 2. The van der Waals surface area contributed by atoms with E-state index in [1.165, 1.54) is 24.8 Å². The molecule has 0 bridgehead atoms. The molecule has 0 saturated heterocycles. The van der Waals surface area contributed by atoms with E-state index in [0.717, 1.165) is 49.0 Å². The zero-order valence-corrected chi connectivity index (χ0v) is 16.3. The van der Waals surface area contributed by atoms with Gasteiger partial charge in [-0.25, -0.2) is 4.98 Å². The third-order valence-corrected chi connectivity index (χ3v) is 4.43. The lowest BCUT2D eigenvalue weighted by Gasteiger charge is -2.11. The molecular formula is C23H32N2O. The van der Waals surface area contributed by atoms with Crippen molar-refractivity contribution in [3.8, 4) is 0 Å². The summed E-state index contributed by atoms with van der Waals surface area (Å²) in [5.41, 5.74) is 4.01. The number of rotatable bonds is 12. The number of hydrogen-bond acceptors (Lipinski definition) is 3. The molecule has 2 aromatic rings. The van der Waals surface area contributed by atoms with Gasteiger partial charge in [0, 0.05) is 6.61 Å². The van der Waals surface area contributed by atoms with Crippen molar-refractivity contribution < 1.29 is 4.74 Å². The maximum atomic E-state index is 5.83. The van der Waals surface area contributed by atoms with Crippen LogP contribution in [0.25, 0.3) is 17.1 Å². The number of aromatic nitrogens is 2. The van der Waals surface area contributed by atoms with E-state index in [2.05, 4.69) is 54.7 Å². The average molecular weight is 353 g/mol. The zero-order chi connectivity index (χ0) is 18.6. The molecule has 0 aliphatic rings. The molecule has 1 atom stereocenters. The Morgan fingerprint density at radius 1 is 1.19 bits per heavy atom. The molecular weight excluding hydrogens is 320 g/mol. The monoisotopic (exact) mass is 352 g/mol. The molecule has 1 unspecified atom stereocenters. The first-order valence-corrected chi connectivity index (χ1v) is 9.87. The normalized spacial score (nSPS) is 12.7. The van der Waals surface area contributed by atoms with E-state index in [4.69, 9.17) is 4.74 Å². The molecule has 1 aromatic carbocycles. The number of hydrogen-bond donors (Lipinski definition) is 0. The van der Waals surface area contributed by atoms with Crippen LogP contribution in [0.1, 0.15) is 63.6 Å². The highest BCUT2D eigenvalue weighted by Crippen LogP contribution is 2.14. The van der Waals surface area contributed by atoms with Crippen LogP contribution in [0.2, 0.25) is 0 Å². The fraction of sp³-hybridized carbons (Fsp3) is 0.478. The molecule has 140 valence electrons. The highest BCUT2D eigenvalue weighted by Gasteiger charge is 2.01. The molecule has 1 aromatic heterocycles. The summed E-state index contributed by atoms with van der Waals surface area (Å²) >= 11 is 0. The van der Waals surface area contributed by atoms with Crippen LogP contribution < -0.4 is 0 Å². The van der Waals surface area contributed by atoms with E-state index in [0.29, 0.717) is 6.10 Å². The van der Waals surface area contributed by atoms with Gasteiger partial charge in [-0.2, -0.15) is 0 Å². The van der Waals surface area contributed by atoms with Crippen molar-refractivity contribution in [1.29, 1.82) is 0 Å². The van der Waals surface area contributed by atoms with Gasteiger partial charge < -0.3 is 4.74 Å². The molecule has 0 aliphatic carbocycles. The van der Waals surface area contributed by atoms with Crippen molar-refractivity contribution in [3.63, 3.8) is 0 Å². The topological polar surface area (TPSA) is 35.0 Å². The lowest BCUT2D eigenvalue weighted by molar-refractivity contribution is 0.0566. The van der Waals surface area contributed by atoms with Crippen molar-refractivity contribution >= 4 is 17.1 Å². The third-order valence-electron chi connectivity index (χ3n) is 4.43. The van der Waals surface area contributed by atoms with Crippen molar-refractivity contribution in [2.24, 2.45) is 0 Å². The molecule has 0 amide bonds. The molecule has 1 heterocycles. The summed E-state index contributed by atoms with van der Waals surface area (Å²) < 4.78 is 5.83. The Morgan fingerprint density at radius 2 is 2.08 bits per heavy atom. The Balaban J connectivity index is 1.75. The van der Waals surface area contributed by atoms with Gasteiger partial charge in [-0.15, -0.1) is 6.58 Å². The van der Waals surface area contributed by atoms with Crippen molar-refractivity contribution in [1.82, 2.24) is 9.97 Å². The van der Waals surface area contributed by atoms with Crippen LogP contribution in [0.5, 0.6) is 0 Å². The number of benzene rings is 1. The van der Waals surface area contributed by atoms with E-state index in [1.807, 2.05) is 18.3 Å². The summed E-state index contributed by atoms with van der Waals surface area (Å²) in [4.78, 5) is 9.20. The van der Waals surface area contributed by atoms with Crippen molar-refractivity contribution in [3.05, 3.63) is 54.4 Å². The Hall–Kier alpha value is -2.00. The van der Waals surface area contributed by atoms with Crippen LogP contribution in [0.15, 0.2) is 43.1 Å². The Bertz CT molecular complexity index is 708. The van der Waals surface area contributed by atoms with Gasteiger partial charge in [0.1, 0.15) is 0 Å². The SMILES string of the molecule is C=CCc1ccc2nc(C=CCCCC(C)OCCCCC)cnc2c1. The van der Waals surface area contributed by atoms with Gasteiger partial charge in [0.25, 0.3) is 0 Å². The lowest BCUT2D eigenvalue weighted by Crippen LogP contribution is -2.08. The molecule has 0 N–H and O–H groups in total. The largest absolute Gasteiger partial charge is 0.379 e.